The van der Waals surface area contributed by atoms with Crippen molar-refractivity contribution < 1.29 is 19.1 Å². The maximum Gasteiger partial charge on any atom is 0.309 e. The molecule has 0 amide bonds. The molecule has 1 N–H and O–H groups in total. The maximum absolute atomic E-state index is 12.3. The van der Waals surface area contributed by atoms with Crippen LogP contribution in [-0.4, -0.2) is 32.1 Å². The van der Waals surface area contributed by atoms with Crippen LogP contribution in [0.1, 0.15) is 24.0 Å². The zero-order valence-electron chi connectivity index (χ0n) is 16.9. The summed E-state index contributed by atoms with van der Waals surface area (Å²) in [7, 11) is 1.96. The lowest BCUT2D eigenvalue weighted by molar-refractivity contribution is -0.225. The van der Waals surface area contributed by atoms with Gasteiger partial charge in [-0.1, -0.05) is 17.7 Å². The lowest BCUT2D eigenvalue weighted by Gasteiger charge is -2.33. The third kappa shape index (κ3) is 3.56. The van der Waals surface area contributed by atoms with Gasteiger partial charge < -0.3 is 19.7 Å². The fourth-order valence-corrected chi connectivity index (χ4v) is 5.43. The van der Waals surface area contributed by atoms with Crippen LogP contribution in [0.2, 0.25) is 5.02 Å². The summed E-state index contributed by atoms with van der Waals surface area (Å²) in [5, 5.41) is 7.10. The zero-order valence-corrected chi connectivity index (χ0v) is 18.5. The van der Waals surface area contributed by atoms with Crippen molar-refractivity contribution in [1.29, 1.82) is 0 Å². The molecule has 5 rings (SSSR count). The first kappa shape index (κ1) is 20.3. The molecule has 6 nitrogen and oxygen atoms in total. The Hall–Kier alpha value is -2.61. The summed E-state index contributed by atoms with van der Waals surface area (Å²) < 4.78 is 12.7. The Labute approximate surface area is 188 Å². The van der Waals surface area contributed by atoms with Gasteiger partial charge in [-0.05, 0) is 59.6 Å². The van der Waals surface area contributed by atoms with Gasteiger partial charge in [-0.2, -0.15) is 0 Å². The molecule has 0 aliphatic carbocycles. The number of anilines is 2. The van der Waals surface area contributed by atoms with Gasteiger partial charge in [0.2, 0.25) is 0 Å². The molecule has 2 aliphatic heterocycles. The predicted molar refractivity (Wildman–Crippen MR) is 121 cm³/mol. The third-order valence-corrected chi connectivity index (χ3v) is 6.99. The molecule has 31 heavy (non-hydrogen) atoms. The SMILES string of the molecule is CN(c1ccc2ccsc2c1)c1c(Cl)ccc2c1CCNCC21OC(=O)CCC(=O)O1. The van der Waals surface area contributed by atoms with Crippen LogP contribution in [0, 0.1) is 0 Å². The van der Waals surface area contributed by atoms with Crippen molar-refractivity contribution in [2.45, 2.75) is 25.0 Å². The number of ether oxygens (including phenoxy) is 2. The number of benzene rings is 2. The second-order valence-electron chi connectivity index (χ2n) is 7.75. The number of hydrogen-bond donors (Lipinski definition) is 1. The fourth-order valence-electron chi connectivity index (χ4n) is 4.30. The Bertz CT molecular complexity index is 1170. The maximum atomic E-state index is 12.3. The largest absolute Gasteiger partial charge is 0.416 e. The molecule has 3 heterocycles. The van der Waals surface area contributed by atoms with Crippen LogP contribution in [0.4, 0.5) is 11.4 Å². The second kappa shape index (κ2) is 7.82. The number of rotatable bonds is 2. The molecular weight excluding hydrogens is 436 g/mol. The van der Waals surface area contributed by atoms with Gasteiger partial charge in [0.05, 0.1) is 30.1 Å². The van der Waals surface area contributed by atoms with Crippen molar-refractivity contribution in [2.75, 3.05) is 25.0 Å². The molecule has 0 unspecified atom stereocenters. The third-order valence-electron chi connectivity index (χ3n) is 5.81. The van der Waals surface area contributed by atoms with Gasteiger partial charge in [0.25, 0.3) is 5.79 Å². The molecule has 8 heteroatoms. The highest BCUT2D eigenvalue weighted by Gasteiger charge is 2.46. The van der Waals surface area contributed by atoms with Crippen LogP contribution in [0.5, 0.6) is 0 Å². The average Bonchev–Trinajstić information content (AvgIpc) is 3.08. The van der Waals surface area contributed by atoms with E-state index in [0.717, 1.165) is 16.9 Å². The van der Waals surface area contributed by atoms with Crippen molar-refractivity contribution in [2.24, 2.45) is 0 Å². The molecule has 2 aliphatic rings. The van der Waals surface area contributed by atoms with Crippen LogP contribution in [-0.2, 0) is 31.3 Å². The first-order valence-corrected chi connectivity index (χ1v) is 11.4. The molecule has 1 saturated heterocycles. The van der Waals surface area contributed by atoms with Crippen molar-refractivity contribution in [3.05, 3.63) is 57.9 Å². The van der Waals surface area contributed by atoms with E-state index in [2.05, 4.69) is 35.0 Å². The number of nitrogens with one attached hydrogen (secondary N) is 1. The van der Waals surface area contributed by atoms with Crippen molar-refractivity contribution >= 4 is 56.3 Å². The van der Waals surface area contributed by atoms with Gasteiger partial charge in [0.1, 0.15) is 0 Å². The Morgan fingerprint density at radius 3 is 2.61 bits per heavy atom. The molecule has 0 bridgehead atoms. The summed E-state index contributed by atoms with van der Waals surface area (Å²) in [6.07, 6.45) is 0.669. The summed E-state index contributed by atoms with van der Waals surface area (Å²) in [4.78, 5) is 26.7. The lowest BCUT2D eigenvalue weighted by atomic mass is 9.95. The molecule has 0 atom stereocenters. The molecule has 1 fully saturated rings. The summed E-state index contributed by atoms with van der Waals surface area (Å²) in [5.41, 5.74) is 3.36. The van der Waals surface area contributed by atoms with Gasteiger partial charge in [-0.3, -0.25) is 9.59 Å². The average molecular weight is 457 g/mol. The standard InChI is InChI=1S/C23H21ClN2O4S/c1-26(15-3-2-14-9-11-31-19(14)12-15)22-16-8-10-25-13-23(17(16)4-5-18(22)24)29-20(27)6-7-21(28)30-23/h2-5,9,11-12,25H,6-8,10,13H2,1H3. The quantitative estimate of drug-likeness (QED) is 0.572. The van der Waals surface area contributed by atoms with Gasteiger partial charge >= 0.3 is 11.9 Å². The molecule has 0 saturated carbocycles. The minimum atomic E-state index is -1.49. The summed E-state index contributed by atoms with van der Waals surface area (Å²) in [6, 6.07) is 11.9. The summed E-state index contributed by atoms with van der Waals surface area (Å²) >= 11 is 8.38. The van der Waals surface area contributed by atoms with E-state index < -0.39 is 17.7 Å². The molecule has 1 aromatic heterocycles. The van der Waals surface area contributed by atoms with Gasteiger partial charge in [-0.25, -0.2) is 0 Å². The predicted octanol–water partition coefficient (Wildman–Crippen LogP) is 4.50. The van der Waals surface area contributed by atoms with Crippen molar-refractivity contribution in [3.63, 3.8) is 0 Å². The van der Waals surface area contributed by atoms with Crippen LogP contribution in [0.15, 0.2) is 41.8 Å². The number of nitrogens with zero attached hydrogens (tertiary/aromatic N) is 1. The molecular formula is C23H21ClN2O4S. The Balaban J connectivity index is 1.66. The molecule has 3 aromatic rings. The normalized spacial score (nSPS) is 18.1. The van der Waals surface area contributed by atoms with E-state index in [4.69, 9.17) is 21.1 Å². The molecule has 2 aromatic carbocycles. The van der Waals surface area contributed by atoms with E-state index >= 15 is 0 Å². The van der Waals surface area contributed by atoms with Crippen LogP contribution < -0.4 is 10.2 Å². The summed E-state index contributed by atoms with van der Waals surface area (Å²) in [6.45, 7) is 0.832. The number of carbonyl (C=O) groups excluding carboxylic acids is 2. The minimum Gasteiger partial charge on any atom is -0.416 e. The highest BCUT2D eigenvalue weighted by molar-refractivity contribution is 7.17. The van der Waals surface area contributed by atoms with E-state index in [1.165, 1.54) is 10.1 Å². The molecule has 1 spiro atoms. The van der Waals surface area contributed by atoms with E-state index in [9.17, 15) is 9.59 Å². The summed E-state index contributed by atoms with van der Waals surface area (Å²) in [5.74, 6) is -2.39. The smallest absolute Gasteiger partial charge is 0.309 e. The van der Waals surface area contributed by atoms with Crippen molar-refractivity contribution in [1.82, 2.24) is 5.32 Å². The zero-order chi connectivity index (χ0) is 21.6. The highest BCUT2D eigenvalue weighted by Crippen LogP contribution is 2.43. The molecule has 160 valence electrons. The number of halogens is 1. The first-order valence-electron chi connectivity index (χ1n) is 10.1. The van der Waals surface area contributed by atoms with E-state index in [1.807, 2.05) is 11.9 Å². The molecule has 0 radical (unpaired) electrons. The van der Waals surface area contributed by atoms with Gasteiger partial charge in [0, 0.05) is 23.0 Å². The number of fused-ring (bicyclic) bond motifs is 3. The highest BCUT2D eigenvalue weighted by atomic mass is 35.5. The van der Waals surface area contributed by atoms with E-state index in [1.54, 1.807) is 23.5 Å². The first-order chi connectivity index (χ1) is 15.0. The Morgan fingerprint density at radius 2 is 1.84 bits per heavy atom. The minimum absolute atomic E-state index is 0.0110. The van der Waals surface area contributed by atoms with Crippen molar-refractivity contribution in [3.8, 4) is 0 Å². The number of carbonyl (C=O) groups is 2. The topological polar surface area (TPSA) is 67.9 Å². The van der Waals surface area contributed by atoms with Crippen LogP contribution >= 0.6 is 22.9 Å². The second-order valence-corrected chi connectivity index (χ2v) is 9.11. The number of thiophene rings is 1. The van der Waals surface area contributed by atoms with Crippen LogP contribution in [0.3, 0.4) is 0 Å². The van der Waals surface area contributed by atoms with Crippen LogP contribution in [0.25, 0.3) is 10.1 Å². The lowest BCUT2D eigenvalue weighted by Crippen LogP contribution is -2.43. The van der Waals surface area contributed by atoms with Gasteiger partial charge in [-0.15, -0.1) is 11.3 Å². The fraction of sp³-hybridized carbons (Fsp3) is 0.304. The van der Waals surface area contributed by atoms with Gasteiger partial charge in [0.15, 0.2) is 0 Å². The number of hydrogen-bond acceptors (Lipinski definition) is 7. The number of esters is 2. The van der Waals surface area contributed by atoms with E-state index in [-0.39, 0.29) is 19.4 Å². The Morgan fingerprint density at radius 1 is 1.06 bits per heavy atom. The monoisotopic (exact) mass is 456 g/mol. The van der Waals surface area contributed by atoms with E-state index in [0.29, 0.717) is 23.6 Å². The Kier molecular flexibility index (Phi) is 5.12.